The van der Waals surface area contributed by atoms with Crippen LogP contribution < -0.4 is 10.6 Å². The summed E-state index contributed by atoms with van der Waals surface area (Å²) in [5.41, 5.74) is 2.81. The highest BCUT2D eigenvalue weighted by Crippen LogP contribution is 2.44. The Hall–Kier alpha value is -3.35. The van der Waals surface area contributed by atoms with Gasteiger partial charge >= 0.3 is 12.1 Å². The van der Waals surface area contributed by atoms with Gasteiger partial charge in [-0.05, 0) is 53.4 Å². The molecule has 7 nitrogen and oxygen atoms in total. The van der Waals surface area contributed by atoms with Crippen molar-refractivity contribution in [3.63, 3.8) is 0 Å². The number of nitrogens with one attached hydrogen (secondary N) is 2. The van der Waals surface area contributed by atoms with Gasteiger partial charge in [-0.3, -0.25) is 4.79 Å². The summed E-state index contributed by atoms with van der Waals surface area (Å²) in [6, 6.07) is 16.3. The standard InChI is InChI=1S/C27H32N2O5/c1-26(2,14-23(30)29-27(3,24(31)32)17-12-13-17)16-28-25(33)34-15-22-20-10-6-4-8-18(20)19-9-5-7-11-21(19)22/h4-11,17,22H,12-16H2,1-3H3,(H,28,33)(H,29,30)(H,31,32). The topological polar surface area (TPSA) is 105 Å². The lowest BCUT2D eigenvalue weighted by Crippen LogP contribution is -2.55. The minimum absolute atomic E-state index is 0.0203. The second kappa shape index (κ2) is 9.12. The maximum Gasteiger partial charge on any atom is 0.407 e. The highest BCUT2D eigenvalue weighted by Gasteiger charge is 2.48. The molecule has 0 saturated heterocycles. The van der Waals surface area contributed by atoms with E-state index in [2.05, 4.69) is 34.9 Å². The Morgan fingerprint density at radius 1 is 0.971 bits per heavy atom. The first-order valence-corrected chi connectivity index (χ1v) is 11.7. The van der Waals surface area contributed by atoms with E-state index in [0.717, 1.165) is 24.0 Å². The number of benzene rings is 2. The summed E-state index contributed by atoms with van der Waals surface area (Å²) in [7, 11) is 0. The van der Waals surface area contributed by atoms with Gasteiger partial charge in [-0.25, -0.2) is 9.59 Å². The second-order valence-electron chi connectivity index (χ2n) is 10.4. The highest BCUT2D eigenvalue weighted by molar-refractivity contribution is 5.87. The quantitative estimate of drug-likeness (QED) is 0.513. The van der Waals surface area contributed by atoms with Crippen molar-refractivity contribution in [2.24, 2.45) is 11.3 Å². The molecule has 0 aromatic heterocycles. The molecule has 0 bridgehead atoms. The van der Waals surface area contributed by atoms with E-state index in [4.69, 9.17) is 4.74 Å². The molecular weight excluding hydrogens is 432 g/mol. The summed E-state index contributed by atoms with van der Waals surface area (Å²) in [4.78, 5) is 36.7. The fourth-order valence-electron chi connectivity index (χ4n) is 4.78. The summed E-state index contributed by atoms with van der Waals surface area (Å²) in [6.07, 6.45) is 1.15. The van der Waals surface area contributed by atoms with Gasteiger partial charge in [0.2, 0.25) is 5.91 Å². The number of carboxylic acids is 1. The molecule has 1 fully saturated rings. The number of rotatable bonds is 9. The van der Waals surface area contributed by atoms with E-state index in [1.165, 1.54) is 11.1 Å². The Labute approximate surface area is 199 Å². The molecule has 3 N–H and O–H groups in total. The molecule has 1 unspecified atom stereocenters. The molecule has 34 heavy (non-hydrogen) atoms. The zero-order chi connectivity index (χ0) is 24.5. The van der Waals surface area contributed by atoms with Crippen LogP contribution >= 0.6 is 0 Å². The Morgan fingerprint density at radius 2 is 1.53 bits per heavy atom. The number of aliphatic carboxylic acids is 1. The first-order chi connectivity index (χ1) is 16.1. The molecule has 2 amide bonds. The van der Waals surface area contributed by atoms with Crippen molar-refractivity contribution < 1.29 is 24.2 Å². The predicted octanol–water partition coefficient (Wildman–Crippen LogP) is 4.31. The molecule has 4 rings (SSSR count). The van der Waals surface area contributed by atoms with Crippen LogP contribution in [0, 0.1) is 11.3 Å². The van der Waals surface area contributed by atoms with Crippen LogP contribution in [0.25, 0.3) is 11.1 Å². The molecule has 0 heterocycles. The van der Waals surface area contributed by atoms with Crippen molar-refractivity contribution in [2.75, 3.05) is 13.2 Å². The van der Waals surface area contributed by atoms with Gasteiger partial charge in [0.05, 0.1) is 0 Å². The molecule has 7 heteroatoms. The second-order valence-corrected chi connectivity index (χ2v) is 10.4. The van der Waals surface area contributed by atoms with Crippen LogP contribution in [0.2, 0.25) is 0 Å². The molecule has 2 aliphatic rings. The number of ether oxygens (including phenoxy) is 1. The Morgan fingerprint density at radius 3 is 2.06 bits per heavy atom. The van der Waals surface area contributed by atoms with Crippen LogP contribution in [-0.2, 0) is 14.3 Å². The number of carbonyl (C=O) groups excluding carboxylic acids is 2. The van der Waals surface area contributed by atoms with Crippen molar-refractivity contribution in [1.29, 1.82) is 0 Å². The van der Waals surface area contributed by atoms with E-state index < -0.39 is 23.0 Å². The third-order valence-corrected chi connectivity index (χ3v) is 6.93. The monoisotopic (exact) mass is 464 g/mol. The zero-order valence-electron chi connectivity index (χ0n) is 19.9. The Kier molecular flexibility index (Phi) is 6.39. The van der Waals surface area contributed by atoms with Crippen molar-refractivity contribution in [1.82, 2.24) is 10.6 Å². The maximum absolute atomic E-state index is 12.6. The Balaban J connectivity index is 1.29. The molecule has 180 valence electrons. The largest absolute Gasteiger partial charge is 0.480 e. The third-order valence-electron chi connectivity index (χ3n) is 6.93. The van der Waals surface area contributed by atoms with E-state index in [0.29, 0.717) is 0 Å². The minimum atomic E-state index is -1.24. The van der Waals surface area contributed by atoms with Gasteiger partial charge < -0.3 is 20.5 Å². The van der Waals surface area contributed by atoms with Gasteiger partial charge in [-0.2, -0.15) is 0 Å². The lowest BCUT2D eigenvalue weighted by atomic mass is 9.87. The van der Waals surface area contributed by atoms with Crippen molar-refractivity contribution in [2.45, 2.75) is 51.5 Å². The smallest absolute Gasteiger partial charge is 0.407 e. The number of carbonyl (C=O) groups is 3. The van der Waals surface area contributed by atoms with Crippen molar-refractivity contribution >= 4 is 18.0 Å². The van der Waals surface area contributed by atoms with E-state index in [1.807, 2.05) is 38.1 Å². The summed E-state index contributed by atoms with van der Waals surface area (Å²) in [5.74, 6) is -1.40. The normalized spacial score (nSPS) is 16.7. The van der Waals surface area contributed by atoms with Gasteiger partial charge in [0, 0.05) is 18.9 Å². The molecule has 0 aliphatic heterocycles. The van der Waals surface area contributed by atoms with E-state index >= 15 is 0 Å². The summed E-state index contributed by atoms with van der Waals surface area (Å²) in [5, 5.41) is 15.0. The van der Waals surface area contributed by atoms with Crippen LogP contribution in [0.3, 0.4) is 0 Å². The summed E-state index contributed by atoms with van der Waals surface area (Å²) < 4.78 is 5.56. The first-order valence-electron chi connectivity index (χ1n) is 11.7. The molecule has 0 spiro atoms. The number of fused-ring (bicyclic) bond motifs is 3. The number of alkyl carbamates (subject to hydrolysis) is 1. The van der Waals surface area contributed by atoms with Gasteiger partial charge in [0.25, 0.3) is 0 Å². The number of carboxylic acid groups (broad SMARTS) is 1. The molecule has 2 aromatic rings. The van der Waals surface area contributed by atoms with Gasteiger partial charge in [-0.15, -0.1) is 0 Å². The molecule has 0 radical (unpaired) electrons. The van der Waals surface area contributed by atoms with Crippen LogP contribution in [-0.4, -0.2) is 41.8 Å². The van der Waals surface area contributed by atoms with Gasteiger partial charge in [0.1, 0.15) is 12.1 Å². The third kappa shape index (κ3) is 4.93. The van der Waals surface area contributed by atoms with Crippen LogP contribution in [0.5, 0.6) is 0 Å². The maximum atomic E-state index is 12.6. The summed E-state index contributed by atoms with van der Waals surface area (Å²) >= 11 is 0. The molecule has 1 atom stereocenters. The predicted molar refractivity (Wildman–Crippen MR) is 128 cm³/mol. The fourth-order valence-corrected chi connectivity index (χ4v) is 4.78. The lowest BCUT2D eigenvalue weighted by Gasteiger charge is -2.29. The van der Waals surface area contributed by atoms with E-state index in [9.17, 15) is 19.5 Å². The number of amides is 2. The van der Waals surface area contributed by atoms with E-state index in [-0.39, 0.29) is 37.3 Å². The molecule has 1 saturated carbocycles. The SMILES string of the molecule is CC(C)(CNC(=O)OCC1c2ccccc2-c2ccccc21)CC(=O)NC(C)(C(=O)O)C1CC1. The number of hydrogen-bond donors (Lipinski definition) is 3. The van der Waals surface area contributed by atoms with Crippen LogP contribution in [0.4, 0.5) is 4.79 Å². The van der Waals surface area contributed by atoms with Crippen LogP contribution in [0.1, 0.15) is 57.1 Å². The highest BCUT2D eigenvalue weighted by atomic mass is 16.5. The number of hydrogen-bond acceptors (Lipinski definition) is 4. The Bertz CT molecular complexity index is 1060. The molecule has 2 aromatic carbocycles. The minimum Gasteiger partial charge on any atom is -0.480 e. The van der Waals surface area contributed by atoms with E-state index in [1.54, 1.807) is 6.92 Å². The average molecular weight is 465 g/mol. The molecular formula is C27H32N2O5. The van der Waals surface area contributed by atoms with Gasteiger partial charge in [-0.1, -0.05) is 62.4 Å². The average Bonchev–Trinajstić information content (AvgIpc) is 3.60. The molecule has 2 aliphatic carbocycles. The van der Waals surface area contributed by atoms with Crippen LogP contribution in [0.15, 0.2) is 48.5 Å². The van der Waals surface area contributed by atoms with Crippen molar-refractivity contribution in [3.05, 3.63) is 59.7 Å². The fraction of sp³-hybridized carbons (Fsp3) is 0.444. The first kappa shape index (κ1) is 23.8. The zero-order valence-corrected chi connectivity index (χ0v) is 19.9. The summed E-state index contributed by atoms with van der Waals surface area (Å²) in [6.45, 7) is 5.72. The van der Waals surface area contributed by atoms with Gasteiger partial charge in [0.15, 0.2) is 0 Å². The van der Waals surface area contributed by atoms with Crippen molar-refractivity contribution in [3.8, 4) is 11.1 Å². The lowest BCUT2D eigenvalue weighted by molar-refractivity contribution is -0.148.